The van der Waals surface area contributed by atoms with E-state index >= 15 is 0 Å². The Bertz CT molecular complexity index is 612. The van der Waals surface area contributed by atoms with E-state index in [1.165, 1.54) is 5.56 Å². The molecule has 1 fully saturated rings. The zero-order valence-corrected chi connectivity index (χ0v) is 16.2. The molecular formula is C22H32N2O2. The van der Waals surface area contributed by atoms with Gasteiger partial charge < -0.3 is 14.5 Å². The summed E-state index contributed by atoms with van der Waals surface area (Å²) >= 11 is 0. The Kier molecular flexibility index (Phi) is 6.73. The van der Waals surface area contributed by atoms with E-state index in [0.29, 0.717) is 18.2 Å². The fourth-order valence-electron chi connectivity index (χ4n) is 3.94. The van der Waals surface area contributed by atoms with Gasteiger partial charge in [0.15, 0.2) is 0 Å². The van der Waals surface area contributed by atoms with Gasteiger partial charge in [0.1, 0.15) is 11.9 Å². The molecule has 2 heterocycles. The number of carbonyl (C=O) groups excluding carboxylic acids is 1. The molecule has 0 spiro atoms. The number of benzene rings is 1. The van der Waals surface area contributed by atoms with Crippen molar-refractivity contribution in [3.05, 3.63) is 47.7 Å². The van der Waals surface area contributed by atoms with Gasteiger partial charge >= 0.3 is 0 Å². The van der Waals surface area contributed by atoms with Gasteiger partial charge in [0.2, 0.25) is 5.91 Å². The standard InChI is InChI=1S/C22H32N2O2/c1-23(2)16-20-15-19-13-14-24(17-21(19)26-20)22(25)12-8-4-7-11-18-9-5-3-6-10-18/h3,5-6,9-10,15,19,21H,4,7-8,11-14,16-17H2,1-2H3. The second-order valence-electron chi connectivity index (χ2n) is 7.87. The van der Waals surface area contributed by atoms with Crippen molar-refractivity contribution in [2.75, 3.05) is 33.7 Å². The quantitative estimate of drug-likeness (QED) is 0.669. The molecule has 1 aromatic carbocycles. The van der Waals surface area contributed by atoms with Crippen LogP contribution in [0.15, 0.2) is 42.2 Å². The van der Waals surface area contributed by atoms with Crippen LogP contribution in [0.2, 0.25) is 0 Å². The SMILES string of the molecule is CN(C)CC1=CC2CCN(C(=O)CCCCCc3ccccc3)CC2O1. The molecule has 2 atom stereocenters. The number of rotatable bonds is 8. The first-order chi connectivity index (χ1) is 12.6. The van der Waals surface area contributed by atoms with Crippen LogP contribution < -0.4 is 0 Å². The Labute approximate surface area is 157 Å². The van der Waals surface area contributed by atoms with E-state index in [-0.39, 0.29) is 6.10 Å². The van der Waals surface area contributed by atoms with Gasteiger partial charge in [0, 0.05) is 18.9 Å². The highest BCUT2D eigenvalue weighted by Crippen LogP contribution is 2.31. The summed E-state index contributed by atoms with van der Waals surface area (Å²) in [6, 6.07) is 10.6. The number of amides is 1. The molecule has 4 nitrogen and oxygen atoms in total. The Morgan fingerprint density at radius 1 is 1.19 bits per heavy atom. The number of aryl methyl sites for hydroxylation is 1. The van der Waals surface area contributed by atoms with Crippen LogP contribution in [0.3, 0.4) is 0 Å². The zero-order chi connectivity index (χ0) is 18.4. The van der Waals surface area contributed by atoms with Crippen LogP contribution in [0.25, 0.3) is 0 Å². The van der Waals surface area contributed by atoms with Crippen LogP contribution >= 0.6 is 0 Å². The van der Waals surface area contributed by atoms with E-state index in [9.17, 15) is 4.79 Å². The first-order valence-electron chi connectivity index (χ1n) is 9.95. The summed E-state index contributed by atoms with van der Waals surface area (Å²) in [4.78, 5) is 16.7. The zero-order valence-electron chi connectivity index (χ0n) is 16.2. The van der Waals surface area contributed by atoms with Crippen LogP contribution in [0.4, 0.5) is 0 Å². The molecule has 0 aliphatic carbocycles. The molecule has 2 unspecified atom stereocenters. The summed E-state index contributed by atoms with van der Waals surface area (Å²) in [5.41, 5.74) is 1.39. The Hall–Kier alpha value is -1.81. The molecule has 4 heteroatoms. The second kappa shape index (κ2) is 9.22. The maximum absolute atomic E-state index is 12.5. The van der Waals surface area contributed by atoms with Crippen LogP contribution in [0, 0.1) is 5.92 Å². The first-order valence-corrected chi connectivity index (χ1v) is 9.95. The van der Waals surface area contributed by atoms with Gasteiger partial charge in [-0.15, -0.1) is 0 Å². The van der Waals surface area contributed by atoms with Gasteiger partial charge in [-0.1, -0.05) is 36.8 Å². The van der Waals surface area contributed by atoms with Crippen molar-refractivity contribution in [1.82, 2.24) is 9.80 Å². The smallest absolute Gasteiger partial charge is 0.222 e. The maximum atomic E-state index is 12.5. The lowest BCUT2D eigenvalue weighted by Gasteiger charge is -2.34. The molecule has 3 rings (SSSR count). The summed E-state index contributed by atoms with van der Waals surface area (Å²) < 4.78 is 6.07. The van der Waals surface area contributed by atoms with Crippen molar-refractivity contribution < 1.29 is 9.53 Å². The van der Waals surface area contributed by atoms with Gasteiger partial charge in [-0.05, 0) is 51.4 Å². The number of piperidine rings is 1. The monoisotopic (exact) mass is 356 g/mol. The number of likely N-dealkylation sites (tertiary alicyclic amines) is 1. The van der Waals surface area contributed by atoms with Gasteiger partial charge in [-0.3, -0.25) is 4.79 Å². The van der Waals surface area contributed by atoms with E-state index in [1.807, 2.05) is 4.90 Å². The third-order valence-electron chi connectivity index (χ3n) is 5.34. The fraction of sp³-hybridized carbons (Fsp3) is 0.591. The lowest BCUT2D eigenvalue weighted by molar-refractivity contribution is -0.135. The van der Waals surface area contributed by atoms with E-state index in [1.54, 1.807) is 0 Å². The lowest BCUT2D eigenvalue weighted by Crippen LogP contribution is -2.45. The topological polar surface area (TPSA) is 32.8 Å². The number of fused-ring (bicyclic) bond motifs is 1. The third-order valence-corrected chi connectivity index (χ3v) is 5.34. The van der Waals surface area contributed by atoms with E-state index in [4.69, 9.17) is 4.74 Å². The molecule has 1 aromatic rings. The highest BCUT2D eigenvalue weighted by atomic mass is 16.5. The Morgan fingerprint density at radius 2 is 2.00 bits per heavy atom. The number of nitrogens with zero attached hydrogens (tertiary/aromatic N) is 2. The minimum atomic E-state index is 0.167. The van der Waals surface area contributed by atoms with Crippen molar-refractivity contribution >= 4 is 5.91 Å². The summed E-state index contributed by atoms with van der Waals surface area (Å²) in [6.07, 6.45) is 8.51. The van der Waals surface area contributed by atoms with E-state index in [2.05, 4.69) is 55.4 Å². The van der Waals surface area contributed by atoms with Crippen LogP contribution in [-0.2, 0) is 16.0 Å². The number of ether oxygens (including phenoxy) is 1. The molecule has 1 amide bonds. The van der Waals surface area contributed by atoms with Crippen molar-refractivity contribution in [1.29, 1.82) is 0 Å². The molecule has 0 N–H and O–H groups in total. The Morgan fingerprint density at radius 3 is 2.77 bits per heavy atom. The normalized spacial score (nSPS) is 22.1. The van der Waals surface area contributed by atoms with Crippen LogP contribution in [-0.4, -0.2) is 55.5 Å². The third kappa shape index (κ3) is 5.34. The summed E-state index contributed by atoms with van der Waals surface area (Å²) in [7, 11) is 4.11. The highest BCUT2D eigenvalue weighted by molar-refractivity contribution is 5.76. The molecular weight excluding hydrogens is 324 g/mol. The first kappa shape index (κ1) is 19.0. The van der Waals surface area contributed by atoms with Gasteiger partial charge in [-0.25, -0.2) is 0 Å². The molecule has 0 radical (unpaired) electrons. The predicted molar refractivity (Wildman–Crippen MR) is 105 cm³/mol. The summed E-state index contributed by atoms with van der Waals surface area (Å²) in [5.74, 6) is 1.85. The maximum Gasteiger partial charge on any atom is 0.222 e. The molecule has 26 heavy (non-hydrogen) atoms. The number of unbranched alkanes of at least 4 members (excludes halogenated alkanes) is 2. The highest BCUT2D eigenvalue weighted by Gasteiger charge is 2.36. The molecule has 0 saturated carbocycles. The van der Waals surface area contributed by atoms with Crippen molar-refractivity contribution in [2.45, 2.75) is 44.6 Å². The van der Waals surface area contributed by atoms with Crippen molar-refractivity contribution in [3.8, 4) is 0 Å². The van der Waals surface area contributed by atoms with Crippen molar-refractivity contribution in [2.24, 2.45) is 5.92 Å². The molecule has 0 aromatic heterocycles. The fourth-order valence-corrected chi connectivity index (χ4v) is 3.94. The van der Waals surface area contributed by atoms with Gasteiger partial charge in [-0.2, -0.15) is 0 Å². The Balaban J connectivity index is 1.33. The van der Waals surface area contributed by atoms with Crippen molar-refractivity contribution in [3.63, 3.8) is 0 Å². The van der Waals surface area contributed by atoms with Crippen LogP contribution in [0.1, 0.15) is 37.7 Å². The molecule has 2 aliphatic heterocycles. The predicted octanol–water partition coefficient (Wildman–Crippen LogP) is 3.48. The minimum Gasteiger partial charge on any atom is -0.491 e. The van der Waals surface area contributed by atoms with Gasteiger partial charge in [0.25, 0.3) is 0 Å². The van der Waals surface area contributed by atoms with E-state index < -0.39 is 0 Å². The summed E-state index contributed by atoms with van der Waals surface area (Å²) in [6.45, 7) is 2.47. The van der Waals surface area contributed by atoms with Gasteiger partial charge in [0.05, 0.1) is 13.1 Å². The second-order valence-corrected chi connectivity index (χ2v) is 7.87. The molecule has 142 valence electrons. The lowest BCUT2D eigenvalue weighted by atomic mass is 9.94. The molecule has 2 aliphatic rings. The average Bonchev–Trinajstić information content (AvgIpc) is 3.02. The molecule has 0 bridgehead atoms. The van der Waals surface area contributed by atoms with E-state index in [0.717, 1.165) is 57.5 Å². The largest absolute Gasteiger partial charge is 0.491 e. The minimum absolute atomic E-state index is 0.167. The average molecular weight is 357 g/mol. The molecule has 1 saturated heterocycles. The number of likely N-dealkylation sites (N-methyl/N-ethyl adjacent to an activating group) is 1. The van der Waals surface area contributed by atoms with Crippen LogP contribution in [0.5, 0.6) is 0 Å². The number of hydrogen-bond acceptors (Lipinski definition) is 3. The number of hydrogen-bond donors (Lipinski definition) is 0. The summed E-state index contributed by atoms with van der Waals surface area (Å²) in [5, 5.41) is 0. The number of carbonyl (C=O) groups is 1.